The lowest BCUT2D eigenvalue weighted by Crippen LogP contribution is -2.50. The molecule has 1 aliphatic carbocycles. The predicted octanol–water partition coefficient (Wildman–Crippen LogP) is 2.52. The number of carbonyl (C=O) groups is 1. The molecule has 31 heavy (non-hydrogen) atoms. The summed E-state index contributed by atoms with van der Waals surface area (Å²) in [5.74, 6) is -0.0232. The topological polar surface area (TPSA) is 110 Å². The van der Waals surface area contributed by atoms with Crippen molar-refractivity contribution in [1.29, 1.82) is 5.41 Å². The van der Waals surface area contributed by atoms with Gasteiger partial charge in [0.2, 0.25) is 0 Å². The van der Waals surface area contributed by atoms with E-state index in [0.717, 1.165) is 35.8 Å². The summed E-state index contributed by atoms with van der Waals surface area (Å²) in [6.07, 6.45) is 6.19. The zero-order chi connectivity index (χ0) is 22.5. The molecule has 2 unspecified atom stereocenters. The number of imidazole rings is 1. The van der Waals surface area contributed by atoms with Crippen LogP contribution in [0.1, 0.15) is 40.7 Å². The molecule has 0 aromatic carbocycles. The van der Waals surface area contributed by atoms with Crippen molar-refractivity contribution < 1.29 is 6.22 Å². The molecular weight excluding hydrogens is 392 g/mol. The van der Waals surface area contributed by atoms with Gasteiger partial charge in [-0.1, -0.05) is 26.8 Å². The van der Waals surface area contributed by atoms with Crippen LogP contribution in [0.2, 0.25) is 0 Å². The first-order valence-electron chi connectivity index (χ1n) is 10.7. The predicted molar refractivity (Wildman–Crippen MR) is 124 cm³/mol. The van der Waals surface area contributed by atoms with Crippen molar-refractivity contribution in [3.63, 3.8) is 0 Å². The molecule has 2 aromatic rings. The Labute approximate surface area is 183 Å². The Kier molecular flexibility index (Phi) is 5.11. The SMILES string of the molecule is Cn1c(=O)n(CC(C)(C)C)c2ccc(C3=CC4CCC3CN4C(=O)/C(C=N)=C/N)nc21.[HH]. The lowest BCUT2D eigenvalue weighted by Gasteiger charge is -2.44. The van der Waals surface area contributed by atoms with Crippen LogP contribution >= 0.6 is 0 Å². The van der Waals surface area contributed by atoms with Crippen LogP contribution in [0.25, 0.3) is 16.7 Å². The van der Waals surface area contributed by atoms with E-state index in [-0.39, 0.29) is 36.0 Å². The lowest BCUT2D eigenvalue weighted by atomic mass is 9.78. The van der Waals surface area contributed by atoms with Crippen molar-refractivity contribution in [3.05, 3.63) is 46.2 Å². The minimum Gasteiger partial charge on any atom is -0.404 e. The van der Waals surface area contributed by atoms with Crippen LogP contribution in [0.4, 0.5) is 0 Å². The third-order valence-electron chi connectivity index (χ3n) is 6.19. The first kappa shape index (κ1) is 21.1. The van der Waals surface area contributed by atoms with Crippen molar-refractivity contribution in [1.82, 2.24) is 19.0 Å². The highest BCUT2D eigenvalue weighted by atomic mass is 16.2. The molecule has 8 nitrogen and oxygen atoms in total. The van der Waals surface area contributed by atoms with Gasteiger partial charge in [0.15, 0.2) is 5.65 Å². The fourth-order valence-corrected chi connectivity index (χ4v) is 4.70. The molecule has 2 bridgehead atoms. The van der Waals surface area contributed by atoms with Crippen molar-refractivity contribution in [2.75, 3.05) is 6.54 Å². The van der Waals surface area contributed by atoms with Gasteiger partial charge >= 0.3 is 5.69 Å². The number of nitrogens with two attached hydrogens (primary N) is 1. The Bertz CT molecular complexity index is 1180. The number of nitrogens with zero attached hydrogens (tertiary/aromatic N) is 4. The van der Waals surface area contributed by atoms with E-state index >= 15 is 0 Å². The molecule has 2 aliphatic heterocycles. The van der Waals surface area contributed by atoms with E-state index in [4.69, 9.17) is 16.1 Å². The van der Waals surface area contributed by atoms with Crippen LogP contribution in [0.15, 0.2) is 34.8 Å². The van der Waals surface area contributed by atoms with Gasteiger partial charge in [0.1, 0.15) is 0 Å². The smallest absolute Gasteiger partial charge is 0.330 e. The maximum absolute atomic E-state index is 12.8. The molecule has 0 spiro atoms. The Balaban J connectivity index is 0.00000289. The average Bonchev–Trinajstić information content (AvgIpc) is 2.98. The van der Waals surface area contributed by atoms with Gasteiger partial charge in [-0.15, -0.1) is 0 Å². The van der Waals surface area contributed by atoms with E-state index in [1.807, 2.05) is 12.1 Å². The molecular formula is C23H32N6O2. The molecule has 0 radical (unpaired) electrons. The molecule has 3 aliphatic rings. The summed E-state index contributed by atoms with van der Waals surface area (Å²) in [4.78, 5) is 32.2. The maximum Gasteiger partial charge on any atom is 0.330 e. The monoisotopic (exact) mass is 424 g/mol. The van der Waals surface area contributed by atoms with Crippen LogP contribution in [0.3, 0.4) is 0 Å². The number of fused-ring (bicyclic) bond motifs is 3. The third-order valence-corrected chi connectivity index (χ3v) is 6.19. The lowest BCUT2D eigenvalue weighted by molar-refractivity contribution is -0.130. The van der Waals surface area contributed by atoms with Crippen molar-refractivity contribution in [3.8, 4) is 0 Å². The number of aromatic nitrogens is 3. The highest BCUT2D eigenvalue weighted by Crippen LogP contribution is 2.40. The second kappa shape index (κ2) is 7.51. The van der Waals surface area contributed by atoms with E-state index < -0.39 is 0 Å². The van der Waals surface area contributed by atoms with Gasteiger partial charge in [-0.05, 0) is 36.0 Å². The summed E-state index contributed by atoms with van der Waals surface area (Å²) in [5, 5.41) is 7.41. The molecule has 8 heteroatoms. The van der Waals surface area contributed by atoms with Crippen LogP contribution in [-0.2, 0) is 18.4 Å². The molecule has 5 rings (SSSR count). The number of hydrogen-bond donors (Lipinski definition) is 2. The minimum atomic E-state index is -0.201. The molecule has 4 heterocycles. The highest BCUT2D eigenvalue weighted by molar-refractivity contribution is 6.11. The maximum atomic E-state index is 12.8. The zero-order valence-corrected chi connectivity index (χ0v) is 18.6. The Morgan fingerprint density at radius 3 is 2.68 bits per heavy atom. The third kappa shape index (κ3) is 3.60. The first-order chi connectivity index (χ1) is 14.6. The van der Waals surface area contributed by atoms with Gasteiger partial charge in [0, 0.05) is 39.9 Å². The summed E-state index contributed by atoms with van der Waals surface area (Å²) in [6.45, 7) is 7.55. The molecule has 1 amide bonds. The Hall–Kier alpha value is -3.16. The number of carbonyl (C=O) groups excluding carboxylic acids is 1. The van der Waals surface area contributed by atoms with E-state index in [1.54, 1.807) is 21.1 Å². The van der Waals surface area contributed by atoms with Crippen LogP contribution in [0, 0.1) is 16.7 Å². The molecule has 1 saturated heterocycles. The number of aryl methyl sites for hydroxylation is 1. The second-order valence-corrected chi connectivity index (χ2v) is 9.72. The van der Waals surface area contributed by atoms with Gasteiger partial charge in [-0.2, -0.15) is 0 Å². The number of amides is 1. The minimum absolute atomic E-state index is 0. The van der Waals surface area contributed by atoms with Gasteiger partial charge in [0.25, 0.3) is 5.91 Å². The van der Waals surface area contributed by atoms with E-state index in [0.29, 0.717) is 18.7 Å². The highest BCUT2D eigenvalue weighted by Gasteiger charge is 2.38. The first-order valence-corrected chi connectivity index (χ1v) is 10.7. The standard InChI is InChI=1S/C23H30N6O2.H2/c1-23(2,3)13-29-19-8-7-18(26-20(19)27(4)22(29)31)17-9-16-6-5-14(17)12-28(16)21(30)15(10-24)11-25;/h7-11,14,16,24H,5-6,12-13,25H2,1-4H3;1H/b15-11+,24-10?;. The van der Waals surface area contributed by atoms with E-state index in [1.165, 1.54) is 6.20 Å². The summed E-state index contributed by atoms with van der Waals surface area (Å²) >= 11 is 0. The quantitative estimate of drug-likeness (QED) is 0.580. The number of rotatable bonds is 4. The van der Waals surface area contributed by atoms with Gasteiger partial charge in [0.05, 0.1) is 22.8 Å². The summed E-state index contributed by atoms with van der Waals surface area (Å²) in [5.41, 5.74) is 9.15. The molecule has 1 fully saturated rings. The molecule has 0 saturated carbocycles. The van der Waals surface area contributed by atoms with Crippen molar-refractivity contribution in [2.24, 2.45) is 24.1 Å². The molecule has 3 N–H and O–H groups in total. The van der Waals surface area contributed by atoms with Gasteiger partial charge in [-0.3, -0.25) is 13.9 Å². The van der Waals surface area contributed by atoms with E-state index in [2.05, 4.69) is 26.8 Å². The van der Waals surface area contributed by atoms with E-state index in [9.17, 15) is 9.59 Å². The normalized spacial score (nSPS) is 21.5. The van der Waals surface area contributed by atoms with Crippen LogP contribution in [0.5, 0.6) is 0 Å². The Morgan fingerprint density at radius 1 is 1.35 bits per heavy atom. The fourth-order valence-electron chi connectivity index (χ4n) is 4.70. The van der Waals surface area contributed by atoms with Gasteiger partial charge in [-0.25, -0.2) is 9.78 Å². The zero-order valence-electron chi connectivity index (χ0n) is 18.6. The molecule has 2 atom stereocenters. The van der Waals surface area contributed by atoms with Gasteiger partial charge < -0.3 is 16.0 Å². The number of piperidine rings is 1. The Morgan fingerprint density at radius 2 is 2.10 bits per heavy atom. The van der Waals surface area contributed by atoms with Crippen molar-refractivity contribution >= 4 is 28.9 Å². The second-order valence-electron chi connectivity index (χ2n) is 9.72. The number of pyridine rings is 1. The molecule has 2 aromatic heterocycles. The van der Waals surface area contributed by atoms with Crippen molar-refractivity contribution in [2.45, 2.75) is 46.2 Å². The summed E-state index contributed by atoms with van der Waals surface area (Å²) in [6, 6.07) is 3.94. The summed E-state index contributed by atoms with van der Waals surface area (Å²) in [7, 11) is 1.76. The fraction of sp³-hybridized carbons (Fsp3) is 0.478. The average molecular weight is 425 g/mol. The number of hydrogen-bond acceptors (Lipinski definition) is 5. The van der Waals surface area contributed by atoms with Crippen LogP contribution in [-0.4, -0.2) is 43.7 Å². The largest absolute Gasteiger partial charge is 0.404 e. The summed E-state index contributed by atoms with van der Waals surface area (Å²) < 4.78 is 3.41. The van der Waals surface area contributed by atoms with Crippen LogP contribution < -0.4 is 11.4 Å². The number of nitrogens with one attached hydrogen (secondary N) is 1. The molecule has 166 valence electrons.